The van der Waals surface area contributed by atoms with Crippen molar-refractivity contribution in [2.75, 3.05) is 13.1 Å². The number of hydrogen-bond donors (Lipinski definition) is 0. The number of amides is 1. The number of thioether (sulfide) groups is 1. The number of piperidine rings is 1. The Labute approximate surface area is 180 Å². The smallest absolute Gasteiger partial charge is 0.235 e. The molecule has 1 amide bonds. The number of furan rings is 1. The lowest BCUT2D eigenvalue weighted by Gasteiger charge is -2.33. The molecule has 0 spiro atoms. The molecular formula is C23H26N2O2S2. The third-order valence-electron chi connectivity index (χ3n) is 5.41. The molecule has 29 heavy (non-hydrogen) atoms. The molecule has 1 fully saturated rings. The van der Waals surface area contributed by atoms with Crippen molar-refractivity contribution in [3.63, 3.8) is 0 Å². The summed E-state index contributed by atoms with van der Waals surface area (Å²) in [4.78, 5) is 19.5. The van der Waals surface area contributed by atoms with Crippen LogP contribution in [0.1, 0.15) is 31.0 Å². The number of aromatic nitrogens is 1. The van der Waals surface area contributed by atoms with Gasteiger partial charge in [0.05, 0.1) is 17.2 Å². The summed E-state index contributed by atoms with van der Waals surface area (Å²) in [5, 5.41) is 2.90. The predicted molar refractivity (Wildman–Crippen MR) is 120 cm³/mol. The van der Waals surface area contributed by atoms with Crippen molar-refractivity contribution in [2.24, 2.45) is 5.92 Å². The molecule has 0 saturated carbocycles. The molecule has 1 saturated heterocycles. The highest BCUT2D eigenvalue weighted by atomic mass is 32.2. The fourth-order valence-electron chi connectivity index (χ4n) is 3.73. The summed E-state index contributed by atoms with van der Waals surface area (Å²) in [7, 11) is 0. The maximum absolute atomic E-state index is 12.8. The highest BCUT2D eigenvalue weighted by molar-refractivity contribution is 7.99. The van der Waals surface area contributed by atoms with Crippen LogP contribution in [0, 0.1) is 5.92 Å². The van der Waals surface area contributed by atoms with Gasteiger partial charge < -0.3 is 9.32 Å². The Morgan fingerprint density at radius 3 is 2.76 bits per heavy atom. The van der Waals surface area contributed by atoms with Crippen LogP contribution in [0.4, 0.5) is 0 Å². The van der Waals surface area contributed by atoms with Gasteiger partial charge in [0.2, 0.25) is 5.91 Å². The first-order chi connectivity index (χ1) is 14.2. The summed E-state index contributed by atoms with van der Waals surface area (Å²) in [6, 6.07) is 14.5. The zero-order valence-electron chi connectivity index (χ0n) is 16.6. The van der Waals surface area contributed by atoms with Gasteiger partial charge in [0.1, 0.15) is 0 Å². The van der Waals surface area contributed by atoms with Crippen molar-refractivity contribution < 1.29 is 9.21 Å². The van der Waals surface area contributed by atoms with E-state index in [1.165, 1.54) is 5.56 Å². The highest BCUT2D eigenvalue weighted by Crippen LogP contribution is 2.28. The van der Waals surface area contributed by atoms with E-state index in [2.05, 4.69) is 45.6 Å². The Balaban J connectivity index is 1.22. The fraction of sp³-hybridized carbons (Fsp3) is 0.391. The van der Waals surface area contributed by atoms with Gasteiger partial charge in [-0.25, -0.2) is 4.98 Å². The van der Waals surface area contributed by atoms with E-state index < -0.39 is 0 Å². The summed E-state index contributed by atoms with van der Waals surface area (Å²) in [6.07, 6.45) is 4.97. The molecule has 6 heteroatoms. The molecule has 1 aliphatic rings. The number of carbonyl (C=O) groups is 1. The number of hydrogen-bond acceptors (Lipinski definition) is 5. The van der Waals surface area contributed by atoms with E-state index in [1.54, 1.807) is 29.4 Å². The van der Waals surface area contributed by atoms with E-state index in [-0.39, 0.29) is 11.2 Å². The lowest BCUT2D eigenvalue weighted by Crippen LogP contribution is -2.42. The van der Waals surface area contributed by atoms with Gasteiger partial charge in [0, 0.05) is 24.2 Å². The monoisotopic (exact) mass is 426 g/mol. The van der Waals surface area contributed by atoms with Gasteiger partial charge in [0.15, 0.2) is 10.8 Å². The Morgan fingerprint density at radius 2 is 2.03 bits per heavy atom. The molecule has 0 aliphatic carbocycles. The zero-order chi connectivity index (χ0) is 20.1. The summed E-state index contributed by atoms with van der Waals surface area (Å²) in [5.41, 5.74) is 2.41. The topological polar surface area (TPSA) is 46.3 Å². The summed E-state index contributed by atoms with van der Waals surface area (Å²) in [6.45, 7) is 3.77. The molecule has 1 atom stereocenters. The Bertz CT molecular complexity index is 900. The van der Waals surface area contributed by atoms with Crippen LogP contribution in [-0.2, 0) is 17.0 Å². The van der Waals surface area contributed by atoms with Crippen molar-refractivity contribution in [1.82, 2.24) is 9.88 Å². The Kier molecular flexibility index (Phi) is 6.72. The van der Waals surface area contributed by atoms with Crippen LogP contribution in [0.25, 0.3) is 10.8 Å². The standard InChI is InChI=1S/C23H26N2O2S2/c1-17(28-15-20-16-29-22(24-20)21-8-5-13-27-21)23(26)25-11-9-19(10-12-25)14-18-6-3-2-4-7-18/h2-8,13,16-17,19H,9-12,14-15H2,1H3. The van der Waals surface area contributed by atoms with Gasteiger partial charge in [-0.1, -0.05) is 30.3 Å². The molecule has 152 valence electrons. The average Bonchev–Trinajstić information content (AvgIpc) is 3.45. The molecule has 0 bridgehead atoms. The van der Waals surface area contributed by atoms with Gasteiger partial charge in [-0.2, -0.15) is 0 Å². The highest BCUT2D eigenvalue weighted by Gasteiger charge is 2.26. The zero-order valence-corrected chi connectivity index (χ0v) is 18.3. The summed E-state index contributed by atoms with van der Waals surface area (Å²) >= 11 is 3.25. The second-order valence-electron chi connectivity index (χ2n) is 7.53. The second-order valence-corrected chi connectivity index (χ2v) is 9.72. The first-order valence-corrected chi connectivity index (χ1v) is 12.0. The molecule has 1 unspecified atom stereocenters. The predicted octanol–water partition coefficient (Wildman–Crippen LogP) is 5.51. The minimum absolute atomic E-state index is 0.0468. The third kappa shape index (κ3) is 5.31. The maximum atomic E-state index is 12.8. The van der Waals surface area contributed by atoms with E-state index >= 15 is 0 Å². The van der Waals surface area contributed by atoms with E-state index in [0.29, 0.717) is 5.92 Å². The maximum Gasteiger partial charge on any atom is 0.235 e. The van der Waals surface area contributed by atoms with Crippen molar-refractivity contribution >= 4 is 29.0 Å². The number of likely N-dealkylation sites (tertiary alicyclic amines) is 1. The van der Waals surface area contributed by atoms with Crippen LogP contribution in [0.15, 0.2) is 58.5 Å². The number of rotatable bonds is 7. The van der Waals surface area contributed by atoms with E-state index in [1.807, 2.05) is 19.1 Å². The molecule has 0 N–H and O–H groups in total. The number of thiazole rings is 1. The van der Waals surface area contributed by atoms with Crippen molar-refractivity contribution in [2.45, 2.75) is 37.2 Å². The van der Waals surface area contributed by atoms with Gasteiger partial charge in [0.25, 0.3) is 0 Å². The quantitative estimate of drug-likeness (QED) is 0.500. The van der Waals surface area contributed by atoms with Crippen molar-refractivity contribution in [1.29, 1.82) is 0 Å². The molecule has 1 aliphatic heterocycles. The lowest BCUT2D eigenvalue weighted by atomic mass is 9.90. The SMILES string of the molecule is CC(SCc1csc(-c2ccco2)n1)C(=O)N1CCC(Cc2ccccc2)CC1. The van der Waals surface area contributed by atoms with Crippen LogP contribution < -0.4 is 0 Å². The van der Waals surface area contributed by atoms with Gasteiger partial charge >= 0.3 is 0 Å². The third-order valence-corrected chi connectivity index (χ3v) is 7.48. The fourth-order valence-corrected chi connectivity index (χ4v) is 5.48. The van der Waals surface area contributed by atoms with Gasteiger partial charge in [-0.3, -0.25) is 4.79 Å². The molecule has 4 nitrogen and oxygen atoms in total. The largest absolute Gasteiger partial charge is 0.462 e. The number of carbonyl (C=O) groups excluding carboxylic acids is 1. The number of nitrogens with zero attached hydrogens (tertiary/aromatic N) is 2. The molecule has 4 rings (SSSR count). The van der Waals surface area contributed by atoms with Crippen LogP contribution >= 0.6 is 23.1 Å². The van der Waals surface area contributed by atoms with Crippen LogP contribution in [0.2, 0.25) is 0 Å². The van der Waals surface area contributed by atoms with E-state index in [4.69, 9.17) is 4.42 Å². The van der Waals surface area contributed by atoms with Gasteiger partial charge in [-0.15, -0.1) is 23.1 Å². The van der Waals surface area contributed by atoms with E-state index in [0.717, 1.165) is 54.6 Å². The minimum atomic E-state index is -0.0468. The molecule has 1 aromatic carbocycles. The summed E-state index contributed by atoms with van der Waals surface area (Å²) < 4.78 is 5.40. The van der Waals surface area contributed by atoms with Crippen molar-refractivity contribution in [3.05, 3.63) is 65.4 Å². The van der Waals surface area contributed by atoms with Gasteiger partial charge in [-0.05, 0) is 49.8 Å². The molecule has 2 aromatic heterocycles. The second kappa shape index (κ2) is 9.63. The molecule has 0 radical (unpaired) electrons. The Morgan fingerprint density at radius 1 is 1.24 bits per heavy atom. The minimum Gasteiger partial charge on any atom is -0.462 e. The first-order valence-electron chi connectivity index (χ1n) is 10.1. The molecular weight excluding hydrogens is 400 g/mol. The van der Waals surface area contributed by atoms with E-state index in [9.17, 15) is 4.79 Å². The Hall–Kier alpha value is -2.05. The molecule has 3 heterocycles. The summed E-state index contributed by atoms with van der Waals surface area (Å²) in [5.74, 6) is 2.48. The lowest BCUT2D eigenvalue weighted by molar-refractivity contribution is -0.131. The first kappa shape index (κ1) is 20.2. The van der Waals surface area contributed by atoms with Crippen LogP contribution in [0.3, 0.4) is 0 Å². The van der Waals surface area contributed by atoms with Crippen LogP contribution in [0.5, 0.6) is 0 Å². The van der Waals surface area contributed by atoms with Crippen LogP contribution in [-0.4, -0.2) is 34.1 Å². The molecule has 3 aromatic rings. The normalized spacial score (nSPS) is 16.1. The number of benzene rings is 1. The average molecular weight is 427 g/mol. The van der Waals surface area contributed by atoms with Crippen molar-refractivity contribution in [3.8, 4) is 10.8 Å².